The van der Waals surface area contributed by atoms with Crippen LogP contribution in [0.2, 0.25) is 0 Å². The van der Waals surface area contributed by atoms with Crippen LogP contribution >= 0.6 is 0 Å². The van der Waals surface area contributed by atoms with Crippen molar-refractivity contribution in [3.63, 3.8) is 0 Å². The Hall–Kier alpha value is -2.04. The van der Waals surface area contributed by atoms with Crippen LogP contribution in [-0.4, -0.2) is 21.3 Å². The molecule has 0 saturated heterocycles. The van der Waals surface area contributed by atoms with Crippen LogP contribution in [0, 0.1) is 13.8 Å². The molecule has 2 N–H and O–H groups in total. The molecule has 5 heteroatoms. The Morgan fingerprint density at radius 1 is 1.47 bits per heavy atom. The first-order valence-electron chi connectivity index (χ1n) is 4.44. The number of furan rings is 1. The van der Waals surface area contributed by atoms with Crippen molar-refractivity contribution in [1.82, 2.24) is 10.2 Å². The number of aromatic carboxylic acids is 1. The Bertz CT molecular complexity index is 510. The van der Waals surface area contributed by atoms with Gasteiger partial charge < -0.3 is 9.52 Å². The minimum absolute atomic E-state index is 0.0725. The summed E-state index contributed by atoms with van der Waals surface area (Å²) in [6.45, 7) is 3.65. The molecule has 2 aromatic rings. The highest BCUT2D eigenvalue weighted by molar-refractivity contribution is 5.86. The van der Waals surface area contributed by atoms with Gasteiger partial charge in [-0.25, -0.2) is 4.79 Å². The number of aryl methyl sites for hydroxylation is 2. The SMILES string of the molecule is Cc1cc(-c2cc(C(=O)O)[nH]n2)c(C)o1. The van der Waals surface area contributed by atoms with Gasteiger partial charge in [0.15, 0.2) is 0 Å². The lowest BCUT2D eigenvalue weighted by molar-refractivity contribution is 0.0690. The molecule has 0 spiro atoms. The normalized spacial score (nSPS) is 10.5. The molecular formula is C10H10N2O3. The van der Waals surface area contributed by atoms with Crippen molar-refractivity contribution in [2.24, 2.45) is 0 Å². The molecule has 0 aliphatic heterocycles. The second kappa shape index (κ2) is 3.27. The molecule has 0 unspecified atom stereocenters. The number of hydrogen-bond acceptors (Lipinski definition) is 3. The van der Waals surface area contributed by atoms with Crippen molar-refractivity contribution in [3.8, 4) is 11.3 Å². The van der Waals surface area contributed by atoms with Crippen molar-refractivity contribution in [2.75, 3.05) is 0 Å². The van der Waals surface area contributed by atoms with Crippen molar-refractivity contribution in [1.29, 1.82) is 0 Å². The van der Waals surface area contributed by atoms with Gasteiger partial charge in [-0.3, -0.25) is 5.10 Å². The second-order valence-electron chi connectivity index (χ2n) is 3.30. The number of carboxylic acid groups (broad SMARTS) is 1. The highest BCUT2D eigenvalue weighted by atomic mass is 16.4. The van der Waals surface area contributed by atoms with E-state index in [9.17, 15) is 4.79 Å². The zero-order valence-electron chi connectivity index (χ0n) is 8.37. The first-order chi connectivity index (χ1) is 7.08. The molecule has 0 aromatic carbocycles. The van der Waals surface area contributed by atoms with Gasteiger partial charge in [0.25, 0.3) is 0 Å². The summed E-state index contributed by atoms with van der Waals surface area (Å²) >= 11 is 0. The Morgan fingerprint density at radius 3 is 2.67 bits per heavy atom. The highest BCUT2D eigenvalue weighted by Gasteiger charge is 2.13. The Morgan fingerprint density at radius 2 is 2.20 bits per heavy atom. The molecule has 2 rings (SSSR count). The molecule has 0 bridgehead atoms. The maximum absolute atomic E-state index is 10.6. The monoisotopic (exact) mass is 206 g/mol. The zero-order valence-corrected chi connectivity index (χ0v) is 8.37. The summed E-state index contributed by atoms with van der Waals surface area (Å²) in [5, 5.41) is 15.1. The Kier molecular flexibility index (Phi) is 2.07. The van der Waals surface area contributed by atoms with E-state index in [1.165, 1.54) is 6.07 Å². The van der Waals surface area contributed by atoms with Gasteiger partial charge in [0, 0.05) is 5.56 Å². The third-order valence-corrected chi connectivity index (χ3v) is 2.13. The zero-order chi connectivity index (χ0) is 11.0. The third-order valence-electron chi connectivity index (χ3n) is 2.13. The van der Waals surface area contributed by atoms with Crippen LogP contribution in [0.15, 0.2) is 16.5 Å². The largest absolute Gasteiger partial charge is 0.477 e. The van der Waals surface area contributed by atoms with E-state index in [0.29, 0.717) is 5.69 Å². The molecular weight excluding hydrogens is 196 g/mol. The van der Waals surface area contributed by atoms with Crippen LogP contribution in [0.5, 0.6) is 0 Å². The maximum Gasteiger partial charge on any atom is 0.353 e. The van der Waals surface area contributed by atoms with E-state index in [0.717, 1.165) is 17.1 Å². The summed E-state index contributed by atoms with van der Waals surface area (Å²) in [6.07, 6.45) is 0. The molecule has 15 heavy (non-hydrogen) atoms. The number of aromatic nitrogens is 2. The van der Waals surface area contributed by atoms with Crippen molar-refractivity contribution in [2.45, 2.75) is 13.8 Å². The molecule has 0 saturated carbocycles. The van der Waals surface area contributed by atoms with Gasteiger partial charge in [0.2, 0.25) is 0 Å². The summed E-state index contributed by atoms with van der Waals surface area (Å²) in [6, 6.07) is 3.32. The number of carbonyl (C=O) groups is 1. The average molecular weight is 206 g/mol. The molecule has 2 aromatic heterocycles. The third kappa shape index (κ3) is 1.63. The maximum atomic E-state index is 10.6. The predicted octanol–water partition coefficient (Wildman–Crippen LogP) is 1.98. The number of rotatable bonds is 2. The van der Waals surface area contributed by atoms with Crippen LogP contribution in [0.1, 0.15) is 22.0 Å². The van der Waals surface area contributed by atoms with E-state index in [1.807, 2.05) is 19.9 Å². The fraction of sp³-hybridized carbons (Fsp3) is 0.200. The van der Waals surface area contributed by atoms with Crippen LogP contribution in [0.4, 0.5) is 0 Å². The van der Waals surface area contributed by atoms with Gasteiger partial charge in [-0.15, -0.1) is 0 Å². The standard InChI is InChI=1S/C10H10N2O3/c1-5-3-7(6(2)15-5)8-4-9(10(13)14)12-11-8/h3-4H,1-2H3,(H,11,12)(H,13,14). The molecule has 5 nitrogen and oxygen atoms in total. The second-order valence-corrected chi connectivity index (χ2v) is 3.30. The number of nitrogens with one attached hydrogen (secondary N) is 1. The van der Waals surface area contributed by atoms with Crippen LogP contribution in [-0.2, 0) is 0 Å². The van der Waals surface area contributed by atoms with E-state index in [1.54, 1.807) is 0 Å². The van der Waals surface area contributed by atoms with Crippen molar-refractivity contribution >= 4 is 5.97 Å². The summed E-state index contributed by atoms with van der Waals surface area (Å²) in [5.74, 6) is 0.491. The quantitative estimate of drug-likeness (QED) is 0.787. The number of aromatic amines is 1. The van der Waals surface area contributed by atoms with Gasteiger partial charge in [-0.2, -0.15) is 5.10 Å². The van der Waals surface area contributed by atoms with Gasteiger partial charge >= 0.3 is 5.97 Å². The first-order valence-corrected chi connectivity index (χ1v) is 4.44. The van der Waals surface area contributed by atoms with E-state index in [4.69, 9.17) is 9.52 Å². The Labute approximate surface area is 85.7 Å². The van der Waals surface area contributed by atoms with E-state index >= 15 is 0 Å². The van der Waals surface area contributed by atoms with Gasteiger partial charge in [0.1, 0.15) is 17.2 Å². The summed E-state index contributed by atoms with van der Waals surface area (Å²) < 4.78 is 5.34. The fourth-order valence-corrected chi connectivity index (χ4v) is 1.45. The molecule has 0 atom stereocenters. The van der Waals surface area contributed by atoms with Gasteiger partial charge in [-0.05, 0) is 26.0 Å². The highest BCUT2D eigenvalue weighted by Crippen LogP contribution is 2.25. The molecule has 0 aliphatic rings. The van der Waals surface area contributed by atoms with Crippen LogP contribution in [0.3, 0.4) is 0 Å². The molecule has 0 amide bonds. The molecule has 0 radical (unpaired) electrons. The van der Waals surface area contributed by atoms with Crippen molar-refractivity contribution in [3.05, 3.63) is 29.3 Å². The van der Waals surface area contributed by atoms with Crippen molar-refractivity contribution < 1.29 is 14.3 Å². The number of H-pyrrole nitrogens is 1. The van der Waals surface area contributed by atoms with E-state index in [2.05, 4.69) is 10.2 Å². The lowest BCUT2D eigenvalue weighted by Crippen LogP contribution is -1.95. The fourth-order valence-electron chi connectivity index (χ4n) is 1.45. The minimum Gasteiger partial charge on any atom is -0.477 e. The molecule has 2 heterocycles. The summed E-state index contributed by atoms with van der Waals surface area (Å²) in [5.41, 5.74) is 1.47. The summed E-state index contributed by atoms with van der Waals surface area (Å²) in [7, 11) is 0. The lowest BCUT2D eigenvalue weighted by Gasteiger charge is -1.89. The van der Waals surface area contributed by atoms with E-state index < -0.39 is 5.97 Å². The minimum atomic E-state index is -1.02. The smallest absolute Gasteiger partial charge is 0.353 e. The van der Waals surface area contributed by atoms with Crippen LogP contribution < -0.4 is 0 Å². The summed E-state index contributed by atoms with van der Waals surface area (Å²) in [4.78, 5) is 10.6. The predicted molar refractivity (Wildman–Crippen MR) is 52.7 cm³/mol. The van der Waals surface area contributed by atoms with Gasteiger partial charge in [0.05, 0.1) is 5.69 Å². The average Bonchev–Trinajstić information content (AvgIpc) is 2.71. The number of hydrogen-bond donors (Lipinski definition) is 2. The number of carboxylic acids is 1. The first kappa shape index (κ1) is 9.51. The van der Waals surface area contributed by atoms with E-state index in [-0.39, 0.29) is 5.69 Å². The molecule has 0 fully saturated rings. The number of nitrogens with zero attached hydrogens (tertiary/aromatic N) is 1. The van der Waals surface area contributed by atoms with Gasteiger partial charge in [-0.1, -0.05) is 0 Å². The molecule has 78 valence electrons. The molecule has 0 aliphatic carbocycles. The Balaban J connectivity index is 2.45. The lowest BCUT2D eigenvalue weighted by atomic mass is 10.2. The topological polar surface area (TPSA) is 79.1 Å². The van der Waals surface area contributed by atoms with Crippen LogP contribution in [0.25, 0.3) is 11.3 Å².